The number of aromatic hydroxyl groups is 1. The Kier molecular flexibility index (Phi) is 7.06. The van der Waals surface area contributed by atoms with Crippen molar-refractivity contribution >= 4 is 58.5 Å². The van der Waals surface area contributed by atoms with Crippen molar-refractivity contribution in [1.82, 2.24) is 4.90 Å². The molecule has 4 amide bonds. The normalized spacial score (nSPS) is 31.5. The van der Waals surface area contributed by atoms with Crippen LogP contribution in [0.1, 0.15) is 31.2 Å². The third kappa shape index (κ3) is 4.24. The number of ether oxygens (including phenoxy) is 1. The molecule has 2 N–H and O–H groups in total. The number of hydrogen-bond acceptors (Lipinski definition) is 7. The van der Waals surface area contributed by atoms with Gasteiger partial charge >= 0.3 is 5.97 Å². The molecule has 10 nitrogen and oxygen atoms in total. The Labute approximate surface area is 272 Å². The van der Waals surface area contributed by atoms with Gasteiger partial charge in [-0.05, 0) is 73.2 Å². The minimum atomic E-state index is -2.11. The van der Waals surface area contributed by atoms with Gasteiger partial charge in [0.1, 0.15) is 17.3 Å². The Morgan fingerprint density at radius 1 is 1.02 bits per heavy atom. The molecule has 46 heavy (non-hydrogen) atoms. The van der Waals surface area contributed by atoms with E-state index in [4.69, 9.17) is 33.0 Å². The average molecular weight is 669 g/mol. The molecule has 0 aromatic heterocycles. The number of carbonyl (C=O) groups excluding carboxylic acids is 4. The molecule has 0 unspecified atom stereocenters. The highest BCUT2D eigenvalue weighted by Crippen LogP contribution is 2.65. The summed E-state index contributed by atoms with van der Waals surface area (Å²) in [6.45, 7) is -0.0665. The minimum absolute atomic E-state index is 0.00946. The maximum absolute atomic E-state index is 14.4. The van der Waals surface area contributed by atoms with Gasteiger partial charge in [-0.25, -0.2) is 9.29 Å². The van der Waals surface area contributed by atoms with E-state index in [1.54, 1.807) is 12.1 Å². The first-order valence-corrected chi connectivity index (χ1v) is 15.6. The Bertz CT molecular complexity index is 1790. The van der Waals surface area contributed by atoms with Gasteiger partial charge in [-0.3, -0.25) is 28.9 Å². The molecule has 1 saturated carbocycles. The number of rotatable bonds is 6. The minimum Gasteiger partial charge on any atom is -0.508 e. The van der Waals surface area contributed by atoms with Gasteiger partial charge in [-0.1, -0.05) is 11.6 Å². The van der Waals surface area contributed by atoms with Crippen molar-refractivity contribution in [3.05, 3.63) is 77.3 Å². The van der Waals surface area contributed by atoms with Crippen molar-refractivity contribution in [3.63, 3.8) is 0 Å². The van der Waals surface area contributed by atoms with E-state index in [1.165, 1.54) is 30.5 Å². The Morgan fingerprint density at radius 3 is 2.48 bits per heavy atom. The van der Waals surface area contributed by atoms with Crippen LogP contribution in [0.25, 0.3) is 0 Å². The topological polar surface area (TPSA) is 142 Å². The second kappa shape index (κ2) is 10.7. The van der Waals surface area contributed by atoms with Crippen molar-refractivity contribution < 1.29 is 43.3 Å². The zero-order valence-corrected chi connectivity index (χ0v) is 25.6. The molecule has 238 valence electrons. The summed E-state index contributed by atoms with van der Waals surface area (Å²) >= 11 is 14.7. The van der Waals surface area contributed by atoms with Crippen LogP contribution in [0.5, 0.6) is 11.5 Å². The zero-order chi connectivity index (χ0) is 32.7. The summed E-state index contributed by atoms with van der Waals surface area (Å²) in [6.07, 6.45) is 3.18. The number of aliphatic carboxylic acids is 1. The van der Waals surface area contributed by atoms with Gasteiger partial charge in [0.2, 0.25) is 11.8 Å². The summed E-state index contributed by atoms with van der Waals surface area (Å²) in [7, 11) is 0. The highest BCUT2D eigenvalue weighted by molar-refractivity contribution is 6.58. The first-order chi connectivity index (χ1) is 21.9. The fourth-order valence-corrected chi connectivity index (χ4v) is 8.83. The van der Waals surface area contributed by atoms with Gasteiger partial charge in [0.15, 0.2) is 9.75 Å². The second-order valence-electron chi connectivity index (χ2n) is 12.4. The predicted molar refractivity (Wildman–Crippen MR) is 161 cm³/mol. The molecule has 2 saturated heterocycles. The standard InChI is InChI=1S/C33H27Cl2FN2O8/c34-32-14-23-21(8-9-22-26(23)29(43)37(28(22)42)11-1-2-25(40)41)27(17-12-16-13-20(39)7-10-24(16)46-15-17)33(32,35)31(45)38(30(32)44)19-5-3-18(36)4-6-19/h3-8,10,13,15,22-23,26-27,39H,1-2,9,11-12,14H2,(H,40,41)/t22-,23+,26-,27-,32+,33-/m0/s1. The van der Waals surface area contributed by atoms with E-state index in [0.717, 1.165) is 21.9 Å². The van der Waals surface area contributed by atoms with Crippen LogP contribution >= 0.6 is 23.2 Å². The number of fused-ring (bicyclic) bond motifs is 5. The van der Waals surface area contributed by atoms with E-state index < -0.39 is 68.8 Å². The van der Waals surface area contributed by atoms with Crippen LogP contribution in [0.4, 0.5) is 10.1 Å². The maximum Gasteiger partial charge on any atom is 0.303 e. The highest BCUT2D eigenvalue weighted by atomic mass is 35.5. The zero-order valence-electron chi connectivity index (χ0n) is 24.1. The molecule has 0 radical (unpaired) electrons. The van der Waals surface area contributed by atoms with E-state index >= 15 is 0 Å². The van der Waals surface area contributed by atoms with Gasteiger partial charge < -0.3 is 14.9 Å². The number of likely N-dealkylation sites (tertiary alicyclic amines) is 1. The number of benzene rings is 2. The lowest BCUT2D eigenvalue weighted by molar-refractivity contribution is -0.142. The molecule has 2 aliphatic carbocycles. The number of allylic oxidation sites excluding steroid dienone is 3. The quantitative estimate of drug-likeness (QED) is 0.264. The van der Waals surface area contributed by atoms with Crippen molar-refractivity contribution in [1.29, 1.82) is 0 Å². The summed E-state index contributed by atoms with van der Waals surface area (Å²) in [5.74, 6) is -7.25. The van der Waals surface area contributed by atoms with Gasteiger partial charge in [0, 0.05) is 30.9 Å². The number of phenols is 1. The molecule has 0 spiro atoms. The SMILES string of the molecule is O=C(O)CCCN1C(=O)[C@H]2[C@H](CC=C3[C@H](C4=COc5ccc(O)cc5C4)[C@]4(Cl)C(=O)N(c5ccc(F)cc5)C(=O)[C@]4(Cl)C[C@H]32)C1=O. The molecule has 13 heteroatoms. The molecular weight excluding hydrogens is 642 g/mol. The summed E-state index contributed by atoms with van der Waals surface area (Å²) in [5, 5.41) is 19.2. The van der Waals surface area contributed by atoms with Crippen molar-refractivity contribution in [2.45, 2.75) is 41.9 Å². The molecule has 2 aromatic carbocycles. The molecule has 2 aromatic rings. The lowest BCUT2D eigenvalue weighted by Crippen LogP contribution is -2.61. The summed E-state index contributed by atoms with van der Waals surface area (Å²) < 4.78 is 19.7. The Morgan fingerprint density at radius 2 is 1.76 bits per heavy atom. The van der Waals surface area contributed by atoms with E-state index in [2.05, 4.69) is 0 Å². The van der Waals surface area contributed by atoms with Crippen LogP contribution in [0.3, 0.4) is 0 Å². The van der Waals surface area contributed by atoms with E-state index in [-0.39, 0.29) is 50.1 Å². The number of phenolic OH excluding ortho intramolecular Hbond substituents is 1. The van der Waals surface area contributed by atoms with E-state index in [1.807, 2.05) is 0 Å². The van der Waals surface area contributed by atoms with Crippen LogP contribution < -0.4 is 9.64 Å². The number of imide groups is 2. The summed E-state index contributed by atoms with van der Waals surface area (Å²) in [5.41, 5.74) is 1.71. The number of amides is 4. The number of nitrogens with zero attached hydrogens (tertiary/aromatic N) is 2. The molecule has 0 bridgehead atoms. The third-order valence-electron chi connectivity index (χ3n) is 9.91. The molecule has 3 fully saturated rings. The largest absolute Gasteiger partial charge is 0.508 e. The highest BCUT2D eigenvalue weighted by Gasteiger charge is 2.77. The predicted octanol–water partition coefficient (Wildman–Crippen LogP) is 4.31. The number of halogens is 3. The molecule has 6 atom stereocenters. The van der Waals surface area contributed by atoms with Gasteiger partial charge in [0.05, 0.1) is 23.8 Å². The third-order valence-corrected chi connectivity index (χ3v) is 11.3. The van der Waals surface area contributed by atoms with Crippen molar-refractivity contribution in [3.8, 4) is 11.5 Å². The Balaban J connectivity index is 1.34. The van der Waals surface area contributed by atoms with Gasteiger partial charge in [-0.2, -0.15) is 0 Å². The number of carbonyl (C=O) groups is 5. The van der Waals surface area contributed by atoms with Crippen molar-refractivity contribution in [2.24, 2.45) is 23.7 Å². The number of hydrogen-bond donors (Lipinski definition) is 2. The number of carboxylic acids is 1. The van der Waals surface area contributed by atoms with E-state index in [0.29, 0.717) is 22.5 Å². The molecule has 3 aliphatic heterocycles. The monoisotopic (exact) mass is 668 g/mol. The number of alkyl halides is 2. The molecule has 7 rings (SSSR count). The smallest absolute Gasteiger partial charge is 0.303 e. The maximum atomic E-state index is 14.4. The van der Waals surface area contributed by atoms with Gasteiger partial charge in [0.25, 0.3) is 11.8 Å². The molecular formula is C33H27Cl2FN2O8. The first kappa shape index (κ1) is 30.4. The van der Waals surface area contributed by atoms with Gasteiger partial charge in [-0.15, -0.1) is 23.2 Å². The molecule has 3 heterocycles. The fraction of sp³-hybridized carbons (Fsp3) is 0.364. The summed E-state index contributed by atoms with van der Waals surface area (Å²) in [4.78, 5) is 64.9. The summed E-state index contributed by atoms with van der Waals surface area (Å²) in [6, 6.07) is 9.34. The van der Waals surface area contributed by atoms with Crippen LogP contribution in [0, 0.1) is 29.5 Å². The first-order valence-electron chi connectivity index (χ1n) is 14.8. The van der Waals surface area contributed by atoms with Crippen LogP contribution in [-0.2, 0) is 30.4 Å². The Hall–Kier alpha value is -4.22. The van der Waals surface area contributed by atoms with Crippen LogP contribution in [0.15, 0.2) is 65.9 Å². The lowest BCUT2D eigenvalue weighted by atomic mass is 9.56. The molecule has 5 aliphatic rings. The van der Waals surface area contributed by atoms with E-state index in [9.17, 15) is 33.5 Å². The number of carboxylic acid groups (broad SMARTS) is 1. The average Bonchev–Trinajstić information content (AvgIpc) is 3.34. The number of anilines is 1. The van der Waals surface area contributed by atoms with Crippen LogP contribution in [-0.4, -0.2) is 61.0 Å². The lowest BCUT2D eigenvalue weighted by Gasteiger charge is -2.51. The van der Waals surface area contributed by atoms with Crippen LogP contribution in [0.2, 0.25) is 0 Å². The second-order valence-corrected chi connectivity index (χ2v) is 13.6. The fourth-order valence-electron chi connectivity index (χ4n) is 7.88. The van der Waals surface area contributed by atoms with Crippen molar-refractivity contribution in [2.75, 3.05) is 11.4 Å².